The van der Waals surface area contributed by atoms with E-state index in [1.54, 1.807) is 0 Å². The van der Waals surface area contributed by atoms with E-state index in [-0.39, 0.29) is 0 Å². The van der Waals surface area contributed by atoms with E-state index in [2.05, 4.69) is 346 Å². The van der Waals surface area contributed by atoms with Gasteiger partial charge in [0.2, 0.25) is 0 Å². The molecule has 6 aromatic heterocycles. The van der Waals surface area contributed by atoms with Crippen LogP contribution in [0, 0.1) is 0 Å². The second-order valence-electron chi connectivity index (χ2n) is 30.5. The summed E-state index contributed by atoms with van der Waals surface area (Å²) in [5.41, 5.74) is 24.1. The van der Waals surface area contributed by atoms with Gasteiger partial charge >= 0.3 is 0 Å². The van der Waals surface area contributed by atoms with Crippen LogP contribution in [0.15, 0.2) is 425 Å². The lowest BCUT2D eigenvalue weighted by Gasteiger charge is -2.15. The Morgan fingerprint density at radius 1 is 0.133 bits per heavy atom. The maximum atomic E-state index is 5.16. The van der Waals surface area contributed by atoms with Crippen molar-refractivity contribution >= 4 is 109 Å². The fourth-order valence-electron chi connectivity index (χ4n) is 17.9. The van der Waals surface area contributed by atoms with Gasteiger partial charge in [-0.05, 0) is 130 Å². The number of aromatic nitrogens is 10. The van der Waals surface area contributed by atoms with Gasteiger partial charge < -0.3 is 18.3 Å². The Hall–Kier alpha value is -16.3. The summed E-state index contributed by atoms with van der Waals surface area (Å²) >= 11 is 0. The lowest BCUT2D eigenvalue weighted by atomic mass is 10.0. The van der Waals surface area contributed by atoms with E-state index >= 15 is 0 Å². The van der Waals surface area contributed by atoms with E-state index in [9.17, 15) is 0 Å². The third-order valence-corrected chi connectivity index (χ3v) is 23.4. The lowest BCUT2D eigenvalue weighted by Crippen LogP contribution is -2.02. The first-order chi connectivity index (χ1) is 59.5. The van der Waals surface area contributed by atoms with Crippen LogP contribution in [0.2, 0.25) is 0 Å². The average Bonchev–Trinajstić information content (AvgIpc) is 1.56. The highest BCUT2D eigenvalue weighted by atomic mass is 15.1. The van der Waals surface area contributed by atoms with Gasteiger partial charge in [0, 0.05) is 98.6 Å². The molecule has 24 rings (SSSR count). The summed E-state index contributed by atoms with van der Waals surface area (Å²) in [6.45, 7) is 0. The van der Waals surface area contributed by atoms with Crippen LogP contribution in [-0.2, 0) is 0 Å². The molecule has 0 amide bonds. The highest BCUT2D eigenvalue weighted by molar-refractivity contribution is 6.22. The van der Waals surface area contributed by atoms with E-state index in [1.807, 2.05) is 97.1 Å². The molecule has 24 aromatic rings. The molecule has 0 saturated carbocycles. The molecule has 0 unspecified atom stereocenters. The zero-order chi connectivity index (χ0) is 79.1. The van der Waals surface area contributed by atoms with Gasteiger partial charge in [-0.1, -0.05) is 328 Å². The third kappa shape index (κ3) is 12.0. The van der Waals surface area contributed by atoms with Crippen molar-refractivity contribution in [3.63, 3.8) is 0 Å². The van der Waals surface area contributed by atoms with Crippen molar-refractivity contribution in [1.29, 1.82) is 0 Å². The van der Waals surface area contributed by atoms with Gasteiger partial charge in [-0.25, -0.2) is 29.9 Å². The average molecular weight is 1530 g/mol. The van der Waals surface area contributed by atoms with Crippen LogP contribution >= 0.6 is 0 Å². The van der Waals surface area contributed by atoms with Crippen LogP contribution < -0.4 is 0 Å². The van der Waals surface area contributed by atoms with Crippen LogP contribution in [0.1, 0.15) is 0 Å². The first-order valence-electron chi connectivity index (χ1n) is 40.6. The van der Waals surface area contributed by atoms with Crippen molar-refractivity contribution in [2.24, 2.45) is 0 Å². The molecule has 0 atom stereocenters. The smallest absolute Gasteiger partial charge is 0.164 e. The van der Waals surface area contributed by atoms with Crippen LogP contribution in [0.4, 0.5) is 0 Å². The van der Waals surface area contributed by atoms with Gasteiger partial charge in [-0.3, -0.25) is 0 Å². The van der Waals surface area contributed by atoms with Crippen LogP contribution in [-0.4, -0.2) is 48.2 Å². The van der Waals surface area contributed by atoms with Crippen molar-refractivity contribution in [3.05, 3.63) is 425 Å². The molecule has 10 heteroatoms. The Labute approximate surface area is 690 Å². The first kappa shape index (κ1) is 69.2. The highest BCUT2D eigenvalue weighted by Crippen LogP contribution is 2.45. The summed E-state index contributed by atoms with van der Waals surface area (Å²) in [5.74, 6) is 3.83. The molecule has 0 fully saturated rings. The third-order valence-electron chi connectivity index (χ3n) is 23.4. The van der Waals surface area contributed by atoms with E-state index in [1.165, 1.54) is 81.9 Å². The molecule has 0 N–H and O–H groups in total. The van der Waals surface area contributed by atoms with Crippen LogP contribution in [0.5, 0.6) is 0 Å². The highest BCUT2D eigenvalue weighted by Gasteiger charge is 2.25. The minimum Gasteiger partial charge on any atom is -0.309 e. The molecule has 6 heterocycles. The molecule has 10 nitrogen and oxygen atoms in total. The Balaban J connectivity index is 0.000000140. The van der Waals surface area contributed by atoms with Crippen LogP contribution in [0.25, 0.3) is 222 Å². The number of hydrogen-bond acceptors (Lipinski definition) is 6. The van der Waals surface area contributed by atoms with Gasteiger partial charge in [-0.2, -0.15) is 0 Å². The molecule has 0 bridgehead atoms. The number of para-hydroxylation sites is 4. The van der Waals surface area contributed by atoms with E-state index in [4.69, 9.17) is 29.9 Å². The molecule has 120 heavy (non-hydrogen) atoms. The van der Waals surface area contributed by atoms with Crippen molar-refractivity contribution in [2.75, 3.05) is 0 Å². The Bertz CT molecular complexity index is 8000. The second kappa shape index (κ2) is 28.9. The number of benzene rings is 18. The largest absolute Gasteiger partial charge is 0.309 e. The minimum atomic E-state index is 0.622. The van der Waals surface area contributed by atoms with E-state index in [0.717, 1.165) is 105 Å². The molecule has 0 aliphatic rings. The predicted molar refractivity (Wildman–Crippen MR) is 496 cm³/mol. The van der Waals surface area contributed by atoms with Crippen LogP contribution in [0.3, 0.4) is 0 Å². The zero-order valence-corrected chi connectivity index (χ0v) is 64.9. The van der Waals surface area contributed by atoms with E-state index in [0.29, 0.717) is 34.9 Å². The quantitative estimate of drug-likeness (QED) is 0.121. The molecule has 0 saturated heterocycles. The summed E-state index contributed by atoms with van der Waals surface area (Å²) in [4.78, 5) is 30.3. The molecule has 0 spiro atoms. The molecule has 0 radical (unpaired) electrons. The number of hydrogen-bond donors (Lipinski definition) is 0. The summed E-state index contributed by atoms with van der Waals surface area (Å²) < 4.78 is 9.73. The zero-order valence-electron chi connectivity index (χ0n) is 64.9. The predicted octanol–water partition coefficient (Wildman–Crippen LogP) is 27.8. The summed E-state index contributed by atoms with van der Waals surface area (Å²) in [5, 5.41) is 14.2. The molecular formula is C110H70N10. The number of rotatable bonds is 12. The monoisotopic (exact) mass is 1530 g/mol. The van der Waals surface area contributed by atoms with Gasteiger partial charge in [0.25, 0.3) is 0 Å². The minimum absolute atomic E-state index is 0.622. The Kier molecular flexibility index (Phi) is 16.7. The Morgan fingerprint density at radius 3 is 0.825 bits per heavy atom. The molecule has 18 aromatic carbocycles. The molecule has 0 aliphatic carbocycles. The first-order valence-corrected chi connectivity index (χ1v) is 40.6. The van der Waals surface area contributed by atoms with Gasteiger partial charge in [-0.15, -0.1) is 0 Å². The van der Waals surface area contributed by atoms with Crippen molar-refractivity contribution in [1.82, 2.24) is 48.2 Å². The maximum absolute atomic E-state index is 5.16. The molecular weight excluding hydrogens is 1460 g/mol. The normalized spacial score (nSPS) is 11.7. The standard InChI is InChI=1S/2C55H35N5/c1-4-16-36(17-5-1)39-22-14-24-42(33-39)59-49-27-12-10-25-44(49)46-34-47-45-26-11-13-28-50(45)60(52(47)35-51(46)59)48-29-15-23-40-32-41(30-31-43(40)48)55-57-53(37-18-6-2-7-19-37)56-54(58-55)38-20-8-3-9-21-38;1-4-17-36(18-5-1)39-24-16-25-42(32-39)59-48-29-14-12-27-44(48)46-34-47-45-28-13-15-30-49(45)60(52(47)35-51(46)59)50-33-41(31-40-23-10-11-26-43(40)50)55-57-53(37-19-6-2-7-20-37)56-54(58-55)38-21-8-3-9-22-38/h2*1-35H. The van der Waals surface area contributed by atoms with Crippen molar-refractivity contribution in [2.45, 2.75) is 0 Å². The second-order valence-corrected chi connectivity index (χ2v) is 30.5. The van der Waals surface area contributed by atoms with Crippen molar-refractivity contribution in [3.8, 4) is 113 Å². The van der Waals surface area contributed by atoms with Gasteiger partial charge in [0.1, 0.15) is 0 Å². The fraction of sp³-hybridized carbons (Fsp3) is 0. The summed E-state index contributed by atoms with van der Waals surface area (Å²) in [6.07, 6.45) is 0. The fourth-order valence-corrected chi connectivity index (χ4v) is 17.9. The maximum Gasteiger partial charge on any atom is 0.164 e. The van der Waals surface area contributed by atoms with Gasteiger partial charge in [0.15, 0.2) is 34.9 Å². The number of nitrogens with zero attached hydrogens (tertiary/aromatic N) is 10. The van der Waals surface area contributed by atoms with Gasteiger partial charge in [0.05, 0.1) is 55.5 Å². The topological polar surface area (TPSA) is 97.1 Å². The van der Waals surface area contributed by atoms with E-state index < -0.39 is 0 Å². The summed E-state index contributed by atoms with van der Waals surface area (Å²) in [6, 6.07) is 151. The number of fused-ring (bicyclic) bond motifs is 14. The van der Waals surface area contributed by atoms with Crippen molar-refractivity contribution < 1.29 is 0 Å². The SMILES string of the molecule is c1ccc(-c2cccc(-n3c4ccccc4c4cc5c6ccccc6n(-c6cc(-c7nc(-c8ccccc8)nc(-c8ccccc8)n7)cc7ccccc67)c5cc43)c2)cc1.c1ccc(-c2cccc(-n3c4ccccc4c4cc5c6ccccc6n(-c6cccc7cc(-c8nc(-c9ccccc9)nc(-c9ccccc9)n8)ccc67)c5cc43)c2)cc1. The molecule has 560 valence electrons. The summed E-state index contributed by atoms with van der Waals surface area (Å²) in [7, 11) is 0. The molecule has 0 aliphatic heterocycles. The Morgan fingerprint density at radius 2 is 0.417 bits per heavy atom. The lowest BCUT2D eigenvalue weighted by molar-refractivity contribution is 1.07.